The van der Waals surface area contributed by atoms with Crippen molar-refractivity contribution in [1.82, 2.24) is 0 Å². The molecule has 0 spiro atoms. The Morgan fingerprint density at radius 3 is 1.00 bits per heavy atom. The molecule has 32 valence electrons. The van der Waals surface area contributed by atoms with Gasteiger partial charge in [-0.15, -0.1) is 0 Å². The molecule has 0 saturated carbocycles. The van der Waals surface area contributed by atoms with Crippen LogP contribution >= 0.6 is 0 Å². The van der Waals surface area contributed by atoms with Crippen molar-refractivity contribution in [3.63, 3.8) is 0 Å². The second kappa shape index (κ2) is 22.4. The topological polar surface area (TPSA) is 63.2 Å². The van der Waals surface area contributed by atoms with Crippen LogP contribution in [0, 0.1) is 0 Å². The van der Waals surface area contributed by atoms with Gasteiger partial charge >= 0.3 is 135 Å². The summed E-state index contributed by atoms with van der Waals surface area (Å²) in [5.41, 5.74) is 0. The summed E-state index contributed by atoms with van der Waals surface area (Å²) in [5, 5.41) is 16.7. The number of carboxylic acid groups (broad SMARTS) is 2. The summed E-state index contributed by atoms with van der Waals surface area (Å²) in [6.07, 6.45) is -2.33. The number of carbonyl (C=O) groups is 1. The van der Waals surface area contributed by atoms with Gasteiger partial charge in [0.1, 0.15) is 0 Å². The first-order valence-electron chi connectivity index (χ1n) is 0.612. The van der Waals surface area contributed by atoms with Crippen molar-refractivity contribution in [1.29, 1.82) is 0 Å². The summed E-state index contributed by atoms with van der Waals surface area (Å²) in [6.45, 7) is 0. The minimum Gasteiger partial charge on any atom is 1.00 e. The van der Waals surface area contributed by atoms with E-state index in [-0.39, 0.29) is 135 Å². The van der Waals surface area contributed by atoms with Gasteiger partial charge < -0.3 is 15.0 Å². The molecule has 0 heterocycles. The van der Waals surface area contributed by atoms with Crippen molar-refractivity contribution >= 4 is 81.6 Å². The van der Waals surface area contributed by atoms with Gasteiger partial charge in [-0.05, 0) is 6.16 Å². The molecule has 0 radical (unpaired) electrons. The third kappa shape index (κ3) is 52.7. The van der Waals surface area contributed by atoms with E-state index in [9.17, 15) is 0 Å². The largest absolute Gasteiger partial charge is 1.00 e. The SMILES string of the molecule is O=C([O-])[O-].[CaH2].[CaH2].[Na+].[Na+]. The summed E-state index contributed by atoms with van der Waals surface area (Å²) in [7, 11) is 0. The second-order valence-electron chi connectivity index (χ2n) is 0.250. The zero-order valence-electron chi connectivity index (χ0n) is 3.72. The molecule has 7 heteroatoms. The fourth-order valence-corrected chi connectivity index (χ4v) is 0. The van der Waals surface area contributed by atoms with Crippen LogP contribution in [0.1, 0.15) is 0 Å². The average molecular weight is 190 g/mol. The summed E-state index contributed by atoms with van der Waals surface area (Å²) < 4.78 is 0. The van der Waals surface area contributed by atoms with Crippen molar-refractivity contribution in [3.8, 4) is 0 Å². The molecule has 0 unspecified atom stereocenters. The molecule has 0 bridgehead atoms. The predicted molar refractivity (Wildman–Crippen MR) is 22.5 cm³/mol. The zero-order chi connectivity index (χ0) is 3.58. The van der Waals surface area contributed by atoms with Crippen molar-refractivity contribution in [2.24, 2.45) is 0 Å². The van der Waals surface area contributed by atoms with Crippen LogP contribution in [-0.4, -0.2) is 81.6 Å². The summed E-state index contributed by atoms with van der Waals surface area (Å²) >= 11 is 0. The van der Waals surface area contributed by atoms with E-state index in [0.717, 1.165) is 0 Å². The van der Waals surface area contributed by atoms with E-state index in [1.165, 1.54) is 0 Å². The third-order valence-corrected chi connectivity index (χ3v) is 0. The smallest absolute Gasteiger partial charge is 1.00 e. The second-order valence-corrected chi connectivity index (χ2v) is 0.250. The Bertz CT molecular complexity index is 38.3. The molecule has 0 atom stereocenters. The first-order valence-corrected chi connectivity index (χ1v) is 0.612. The monoisotopic (exact) mass is 190 g/mol. The van der Waals surface area contributed by atoms with Crippen molar-refractivity contribution < 1.29 is 74.1 Å². The molecule has 0 aliphatic carbocycles. The molecule has 0 aromatic heterocycles. The molecule has 0 rings (SSSR count). The average Bonchev–Trinajstić information content (AvgIpc) is 0.811. The van der Waals surface area contributed by atoms with Gasteiger partial charge in [-0.25, -0.2) is 0 Å². The molecule has 0 saturated heterocycles. The maximum atomic E-state index is 8.33. The molecular formula is CH4Ca2Na2O3. The molecule has 0 aliphatic rings. The first-order chi connectivity index (χ1) is 1.73. The fraction of sp³-hybridized carbons (Fsp3) is 0. The Kier molecular flexibility index (Phi) is 83.5. The van der Waals surface area contributed by atoms with Crippen LogP contribution < -0.4 is 69.3 Å². The summed E-state index contributed by atoms with van der Waals surface area (Å²) in [6, 6.07) is 0. The van der Waals surface area contributed by atoms with Gasteiger partial charge in [0.2, 0.25) is 0 Å². The van der Waals surface area contributed by atoms with Crippen LogP contribution in [0.25, 0.3) is 0 Å². The number of hydrogen-bond acceptors (Lipinski definition) is 3. The summed E-state index contributed by atoms with van der Waals surface area (Å²) in [5.74, 6) is 0. The van der Waals surface area contributed by atoms with Gasteiger partial charge in [0.25, 0.3) is 0 Å². The summed E-state index contributed by atoms with van der Waals surface area (Å²) in [4.78, 5) is 8.33. The van der Waals surface area contributed by atoms with E-state index in [1.54, 1.807) is 0 Å². The maximum Gasteiger partial charge on any atom is 1.00 e. The van der Waals surface area contributed by atoms with Crippen LogP contribution in [0.15, 0.2) is 0 Å². The molecule has 0 aromatic rings. The van der Waals surface area contributed by atoms with Gasteiger partial charge in [0, 0.05) is 0 Å². The van der Waals surface area contributed by atoms with Crippen molar-refractivity contribution in [2.75, 3.05) is 0 Å². The van der Waals surface area contributed by atoms with E-state index in [4.69, 9.17) is 15.0 Å². The van der Waals surface area contributed by atoms with E-state index in [0.29, 0.717) is 0 Å². The third-order valence-electron chi connectivity index (χ3n) is 0. The molecule has 0 amide bonds. The van der Waals surface area contributed by atoms with Crippen molar-refractivity contribution in [2.45, 2.75) is 0 Å². The van der Waals surface area contributed by atoms with Gasteiger partial charge in [-0.2, -0.15) is 0 Å². The number of rotatable bonds is 0. The van der Waals surface area contributed by atoms with Crippen LogP contribution in [0.3, 0.4) is 0 Å². The Hall–Kier alpha value is 3.79. The van der Waals surface area contributed by atoms with Crippen molar-refractivity contribution in [3.05, 3.63) is 0 Å². The van der Waals surface area contributed by atoms with Gasteiger partial charge in [-0.3, -0.25) is 0 Å². The number of carbonyl (C=O) groups excluding carboxylic acids is 1. The Morgan fingerprint density at radius 1 is 1.00 bits per heavy atom. The molecule has 0 aliphatic heterocycles. The molecule has 3 nitrogen and oxygen atoms in total. The molecule has 0 aromatic carbocycles. The maximum absolute atomic E-state index is 8.33. The molecule has 8 heavy (non-hydrogen) atoms. The predicted octanol–water partition coefficient (Wildman–Crippen LogP) is -10.3. The van der Waals surface area contributed by atoms with E-state index in [2.05, 4.69) is 0 Å². The van der Waals surface area contributed by atoms with E-state index in [1.807, 2.05) is 0 Å². The Balaban J connectivity index is -0.00000000750. The number of hydrogen-bond donors (Lipinski definition) is 0. The van der Waals surface area contributed by atoms with Crippen LogP contribution in [0.4, 0.5) is 4.79 Å². The van der Waals surface area contributed by atoms with Gasteiger partial charge in [0.05, 0.1) is 0 Å². The minimum absolute atomic E-state index is 0. The molecule has 0 N–H and O–H groups in total. The Morgan fingerprint density at radius 2 is 1.00 bits per heavy atom. The van der Waals surface area contributed by atoms with Gasteiger partial charge in [-0.1, -0.05) is 0 Å². The fourth-order valence-electron chi connectivity index (χ4n) is 0. The standard InChI is InChI=1S/CH2O3.2Ca.2Na.4H/c2-1(3)4;;;;;;;;/h(H2,2,3,4);;;;;;;;/q;;;2*+1;;;;/p-2. The molecule has 0 fully saturated rings. The van der Waals surface area contributed by atoms with Crippen LogP contribution in [0.5, 0.6) is 0 Å². The molecular weight excluding hydrogens is 186 g/mol. The van der Waals surface area contributed by atoms with Crippen LogP contribution in [0.2, 0.25) is 0 Å². The minimum atomic E-state index is -2.33. The quantitative estimate of drug-likeness (QED) is 0.356. The van der Waals surface area contributed by atoms with Crippen LogP contribution in [-0.2, 0) is 0 Å². The zero-order valence-corrected chi connectivity index (χ0v) is 7.72. The van der Waals surface area contributed by atoms with E-state index < -0.39 is 6.16 Å². The normalized spacial score (nSPS) is 3.00. The van der Waals surface area contributed by atoms with Gasteiger partial charge in [0.15, 0.2) is 0 Å². The van der Waals surface area contributed by atoms with E-state index >= 15 is 0 Å². The Labute approximate surface area is 152 Å². The first kappa shape index (κ1) is 29.8.